The normalized spacial score (nSPS) is 18.4. The zero-order valence-electron chi connectivity index (χ0n) is 10.4. The molecule has 0 unspecified atom stereocenters. The van der Waals surface area contributed by atoms with E-state index in [9.17, 15) is 14.0 Å². The Kier molecular flexibility index (Phi) is 3.69. The number of carboxylic acids is 1. The summed E-state index contributed by atoms with van der Waals surface area (Å²) in [5.74, 6) is -2.02. The minimum Gasteiger partial charge on any atom is -0.494 e. The van der Waals surface area contributed by atoms with Crippen molar-refractivity contribution in [3.63, 3.8) is 0 Å². The average Bonchev–Trinajstić information content (AvgIpc) is 2.87. The molecule has 0 radical (unpaired) electrons. The molecule has 6 heteroatoms. The van der Waals surface area contributed by atoms with Gasteiger partial charge in [0, 0.05) is 12.1 Å². The Morgan fingerprint density at radius 2 is 2.21 bits per heavy atom. The first-order valence-electron chi connectivity index (χ1n) is 5.92. The molecule has 1 saturated heterocycles. The Balaban J connectivity index is 2.26. The molecule has 1 aromatic rings. The first kappa shape index (κ1) is 13.3. The molecule has 1 heterocycles. The quantitative estimate of drug-likeness (QED) is 0.901. The SMILES string of the molecule is COc1cc(C(=O)N2CCC[C@@H]2C(=O)O)ccc1F. The molecule has 1 aliphatic rings. The van der Waals surface area contributed by atoms with Crippen molar-refractivity contribution in [2.75, 3.05) is 13.7 Å². The van der Waals surface area contributed by atoms with Crippen LogP contribution >= 0.6 is 0 Å². The van der Waals surface area contributed by atoms with Crippen molar-refractivity contribution in [3.05, 3.63) is 29.6 Å². The van der Waals surface area contributed by atoms with Crippen LogP contribution in [0.1, 0.15) is 23.2 Å². The van der Waals surface area contributed by atoms with E-state index in [1.165, 1.54) is 24.1 Å². The fraction of sp³-hybridized carbons (Fsp3) is 0.385. The van der Waals surface area contributed by atoms with Gasteiger partial charge in [0.05, 0.1) is 7.11 Å². The van der Waals surface area contributed by atoms with Gasteiger partial charge in [0.25, 0.3) is 5.91 Å². The van der Waals surface area contributed by atoms with E-state index in [0.29, 0.717) is 19.4 Å². The van der Waals surface area contributed by atoms with Crippen molar-refractivity contribution in [3.8, 4) is 5.75 Å². The first-order valence-corrected chi connectivity index (χ1v) is 5.92. The molecule has 1 atom stereocenters. The van der Waals surface area contributed by atoms with Gasteiger partial charge in [0.15, 0.2) is 11.6 Å². The predicted molar refractivity (Wildman–Crippen MR) is 64.6 cm³/mol. The molecular formula is C13H14FNO4. The minimum absolute atomic E-state index is 0.0306. The molecule has 5 nitrogen and oxygen atoms in total. The number of ether oxygens (including phenoxy) is 1. The molecule has 0 bridgehead atoms. The van der Waals surface area contributed by atoms with Crippen molar-refractivity contribution in [1.29, 1.82) is 0 Å². The van der Waals surface area contributed by atoms with Crippen LogP contribution in [0.2, 0.25) is 0 Å². The van der Waals surface area contributed by atoms with Gasteiger partial charge in [-0.2, -0.15) is 0 Å². The van der Waals surface area contributed by atoms with E-state index in [1.807, 2.05) is 0 Å². The van der Waals surface area contributed by atoms with Crippen molar-refractivity contribution in [2.45, 2.75) is 18.9 Å². The fourth-order valence-electron chi connectivity index (χ4n) is 2.23. The van der Waals surface area contributed by atoms with Crippen LogP contribution in [0.3, 0.4) is 0 Å². The van der Waals surface area contributed by atoms with Crippen molar-refractivity contribution in [2.24, 2.45) is 0 Å². The second kappa shape index (κ2) is 5.26. The molecule has 19 heavy (non-hydrogen) atoms. The van der Waals surface area contributed by atoms with Crippen LogP contribution in [-0.2, 0) is 4.79 Å². The van der Waals surface area contributed by atoms with Crippen LogP contribution < -0.4 is 4.74 Å². The number of methoxy groups -OCH3 is 1. The number of hydrogen-bond donors (Lipinski definition) is 1. The Labute approximate surface area is 109 Å². The summed E-state index contributed by atoms with van der Waals surface area (Å²) in [7, 11) is 1.31. The van der Waals surface area contributed by atoms with Crippen molar-refractivity contribution < 1.29 is 23.8 Å². The third kappa shape index (κ3) is 2.52. The largest absolute Gasteiger partial charge is 0.494 e. The van der Waals surface area contributed by atoms with E-state index < -0.39 is 23.7 Å². The number of halogens is 1. The van der Waals surface area contributed by atoms with Gasteiger partial charge in [-0.05, 0) is 31.0 Å². The summed E-state index contributed by atoms with van der Waals surface area (Å²) in [5, 5.41) is 9.05. The third-order valence-corrected chi connectivity index (χ3v) is 3.20. The van der Waals surface area contributed by atoms with Gasteiger partial charge >= 0.3 is 5.97 Å². The van der Waals surface area contributed by atoms with Crippen LogP contribution in [0.5, 0.6) is 5.75 Å². The predicted octanol–water partition coefficient (Wildman–Crippen LogP) is 1.52. The molecule has 1 aliphatic heterocycles. The fourth-order valence-corrected chi connectivity index (χ4v) is 2.23. The Hall–Kier alpha value is -2.11. The molecule has 1 fully saturated rings. The molecule has 1 N–H and O–H groups in total. The van der Waals surface area contributed by atoms with Crippen LogP contribution in [-0.4, -0.2) is 41.6 Å². The van der Waals surface area contributed by atoms with Crippen molar-refractivity contribution in [1.82, 2.24) is 4.90 Å². The van der Waals surface area contributed by atoms with E-state index in [-0.39, 0.29) is 11.3 Å². The Morgan fingerprint density at radius 1 is 1.47 bits per heavy atom. The van der Waals surface area contributed by atoms with Crippen LogP contribution in [0.25, 0.3) is 0 Å². The summed E-state index contributed by atoms with van der Waals surface area (Å²) in [6.07, 6.45) is 1.10. The second-order valence-corrected chi connectivity index (χ2v) is 4.34. The van der Waals surface area contributed by atoms with Gasteiger partial charge < -0.3 is 14.7 Å². The third-order valence-electron chi connectivity index (χ3n) is 3.20. The number of benzene rings is 1. The molecule has 0 aliphatic carbocycles. The topological polar surface area (TPSA) is 66.8 Å². The summed E-state index contributed by atoms with van der Waals surface area (Å²) in [6.45, 7) is 0.398. The number of rotatable bonds is 3. The van der Waals surface area contributed by atoms with Gasteiger partial charge in [-0.3, -0.25) is 4.79 Å². The first-order chi connectivity index (χ1) is 9.04. The van der Waals surface area contributed by atoms with Crippen molar-refractivity contribution >= 4 is 11.9 Å². The number of hydrogen-bond acceptors (Lipinski definition) is 3. The maximum absolute atomic E-state index is 13.3. The van der Waals surface area contributed by atoms with Gasteiger partial charge in [0.2, 0.25) is 0 Å². The minimum atomic E-state index is -1.01. The summed E-state index contributed by atoms with van der Waals surface area (Å²) >= 11 is 0. The van der Waals surface area contributed by atoms with E-state index in [0.717, 1.165) is 6.07 Å². The Morgan fingerprint density at radius 3 is 2.84 bits per heavy atom. The lowest BCUT2D eigenvalue weighted by Crippen LogP contribution is -2.40. The average molecular weight is 267 g/mol. The van der Waals surface area contributed by atoms with Crippen LogP contribution in [0, 0.1) is 5.82 Å². The molecule has 102 valence electrons. The standard InChI is InChI=1S/C13H14FNO4/c1-19-11-7-8(4-5-9(11)14)12(16)15-6-2-3-10(15)13(17)18/h4-5,7,10H,2-3,6H2,1H3,(H,17,18)/t10-/m1/s1. The summed E-state index contributed by atoms with van der Waals surface area (Å²) < 4.78 is 18.1. The molecule has 1 aromatic carbocycles. The van der Waals surface area contributed by atoms with E-state index in [2.05, 4.69) is 0 Å². The number of nitrogens with zero attached hydrogens (tertiary/aromatic N) is 1. The van der Waals surface area contributed by atoms with Crippen LogP contribution in [0.15, 0.2) is 18.2 Å². The molecule has 0 aromatic heterocycles. The van der Waals surface area contributed by atoms with Gasteiger partial charge in [-0.15, -0.1) is 0 Å². The lowest BCUT2D eigenvalue weighted by atomic mass is 10.1. The molecule has 2 rings (SSSR count). The van der Waals surface area contributed by atoms with Gasteiger partial charge in [0.1, 0.15) is 6.04 Å². The lowest BCUT2D eigenvalue weighted by molar-refractivity contribution is -0.141. The van der Waals surface area contributed by atoms with E-state index >= 15 is 0 Å². The highest BCUT2D eigenvalue weighted by atomic mass is 19.1. The summed E-state index contributed by atoms with van der Waals surface area (Å²) in [4.78, 5) is 24.6. The molecule has 0 saturated carbocycles. The summed E-state index contributed by atoms with van der Waals surface area (Å²) in [5.41, 5.74) is 0.228. The number of carbonyl (C=O) groups is 2. The number of likely N-dealkylation sites (tertiary alicyclic amines) is 1. The second-order valence-electron chi connectivity index (χ2n) is 4.34. The van der Waals surface area contributed by atoms with Gasteiger partial charge in [-0.25, -0.2) is 9.18 Å². The highest BCUT2D eigenvalue weighted by Gasteiger charge is 2.34. The number of carboxylic acid groups (broad SMARTS) is 1. The highest BCUT2D eigenvalue weighted by molar-refractivity contribution is 5.97. The summed E-state index contributed by atoms with van der Waals surface area (Å²) in [6, 6.07) is 2.95. The Bertz CT molecular complexity index is 517. The monoisotopic (exact) mass is 267 g/mol. The van der Waals surface area contributed by atoms with Gasteiger partial charge in [-0.1, -0.05) is 0 Å². The maximum Gasteiger partial charge on any atom is 0.326 e. The number of carbonyl (C=O) groups excluding carboxylic acids is 1. The van der Waals surface area contributed by atoms with Crippen LogP contribution in [0.4, 0.5) is 4.39 Å². The number of amides is 1. The highest BCUT2D eigenvalue weighted by Crippen LogP contribution is 2.23. The smallest absolute Gasteiger partial charge is 0.326 e. The maximum atomic E-state index is 13.3. The molecule has 1 amide bonds. The lowest BCUT2D eigenvalue weighted by Gasteiger charge is -2.21. The zero-order valence-corrected chi connectivity index (χ0v) is 10.4. The molecule has 0 spiro atoms. The molecular weight excluding hydrogens is 253 g/mol. The number of aliphatic carboxylic acids is 1. The van der Waals surface area contributed by atoms with E-state index in [4.69, 9.17) is 9.84 Å². The zero-order chi connectivity index (χ0) is 14.0. The van der Waals surface area contributed by atoms with E-state index in [1.54, 1.807) is 0 Å².